The predicted molar refractivity (Wildman–Crippen MR) is 76.5 cm³/mol. The zero-order valence-electron chi connectivity index (χ0n) is 11.8. The van der Waals surface area contributed by atoms with Crippen LogP contribution in [0.2, 0.25) is 0 Å². The van der Waals surface area contributed by atoms with Crippen molar-refractivity contribution in [3.8, 4) is 5.75 Å². The van der Waals surface area contributed by atoms with Gasteiger partial charge in [0.15, 0.2) is 6.10 Å². The minimum atomic E-state index is -0.517. The van der Waals surface area contributed by atoms with Gasteiger partial charge in [0.1, 0.15) is 5.75 Å². The highest BCUT2D eigenvalue weighted by atomic mass is 16.5. The number of fused-ring (bicyclic) bond motifs is 1. The first kappa shape index (κ1) is 13.9. The first-order valence-electron chi connectivity index (χ1n) is 7.15. The summed E-state index contributed by atoms with van der Waals surface area (Å²) in [6.45, 7) is 2.96. The molecule has 2 aliphatic rings. The van der Waals surface area contributed by atoms with E-state index in [0.717, 1.165) is 19.4 Å². The average molecular weight is 290 g/mol. The van der Waals surface area contributed by atoms with Crippen LogP contribution in [0.5, 0.6) is 5.75 Å². The Kier molecular flexibility index (Phi) is 3.79. The summed E-state index contributed by atoms with van der Waals surface area (Å²) in [6.07, 6.45) is 1.61. The maximum atomic E-state index is 12.1. The number of anilines is 1. The Morgan fingerprint density at radius 2 is 2.33 bits per heavy atom. The molecule has 6 heteroatoms. The zero-order valence-corrected chi connectivity index (χ0v) is 11.8. The van der Waals surface area contributed by atoms with Gasteiger partial charge >= 0.3 is 0 Å². The van der Waals surface area contributed by atoms with Gasteiger partial charge in [-0.1, -0.05) is 0 Å². The first-order valence-corrected chi connectivity index (χ1v) is 7.15. The Balaban J connectivity index is 1.67. The van der Waals surface area contributed by atoms with Crippen LogP contribution in [-0.4, -0.2) is 37.2 Å². The predicted octanol–water partition coefficient (Wildman–Crippen LogP) is 1.31. The molecule has 0 aromatic heterocycles. The molecule has 1 fully saturated rings. The van der Waals surface area contributed by atoms with E-state index < -0.39 is 6.10 Å². The van der Waals surface area contributed by atoms with Crippen molar-refractivity contribution in [2.45, 2.75) is 32.0 Å². The van der Waals surface area contributed by atoms with Crippen molar-refractivity contribution in [3.05, 3.63) is 23.8 Å². The molecule has 3 rings (SSSR count). The molecule has 1 saturated heterocycles. The molecule has 21 heavy (non-hydrogen) atoms. The largest absolute Gasteiger partial charge is 0.479 e. The van der Waals surface area contributed by atoms with Crippen LogP contribution in [0.25, 0.3) is 0 Å². The highest BCUT2D eigenvalue weighted by Crippen LogP contribution is 2.30. The third-order valence-electron chi connectivity index (χ3n) is 3.69. The van der Waals surface area contributed by atoms with Crippen LogP contribution in [0.1, 0.15) is 30.1 Å². The summed E-state index contributed by atoms with van der Waals surface area (Å²) in [5, 5.41) is 5.58. The van der Waals surface area contributed by atoms with Crippen molar-refractivity contribution in [1.29, 1.82) is 0 Å². The second kappa shape index (κ2) is 5.73. The van der Waals surface area contributed by atoms with Gasteiger partial charge in [-0.2, -0.15) is 0 Å². The summed E-state index contributed by atoms with van der Waals surface area (Å²) in [6, 6.07) is 5.02. The zero-order chi connectivity index (χ0) is 14.8. The second-order valence-electron chi connectivity index (χ2n) is 5.31. The Labute approximate surface area is 122 Å². The fourth-order valence-electron chi connectivity index (χ4n) is 2.46. The summed E-state index contributed by atoms with van der Waals surface area (Å²) in [5.41, 5.74) is 1.02. The normalized spacial score (nSPS) is 24.0. The molecular formula is C15H18N2O4. The number of hydrogen-bond donors (Lipinski definition) is 2. The average Bonchev–Trinajstić information content (AvgIpc) is 2.99. The molecule has 0 radical (unpaired) electrons. The van der Waals surface area contributed by atoms with Gasteiger partial charge in [-0.25, -0.2) is 0 Å². The van der Waals surface area contributed by atoms with Gasteiger partial charge in [-0.3, -0.25) is 9.59 Å². The van der Waals surface area contributed by atoms with Gasteiger partial charge in [0.2, 0.25) is 0 Å². The van der Waals surface area contributed by atoms with E-state index >= 15 is 0 Å². The highest BCUT2D eigenvalue weighted by molar-refractivity contribution is 6.00. The van der Waals surface area contributed by atoms with Crippen LogP contribution in [0.3, 0.4) is 0 Å². The van der Waals surface area contributed by atoms with Gasteiger partial charge in [0, 0.05) is 18.7 Å². The number of rotatable bonds is 3. The number of ether oxygens (including phenoxy) is 2. The van der Waals surface area contributed by atoms with E-state index in [9.17, 15) is 9.59 Å². The van der Waals surface area contributed by atoms with Crippen molar-refractivity contribution >= 4 is 17.5 Å². The van der Waals surface area contributed by atoms with Crippen LogP contribution >= 0.6 is 0 Å². The number of nitrogens with one attached hydrogen (secondary N) is 2. The summed E-state index contributed by atoms with van der Waals surface area (Å²) >= 11 is 0. The third-order valence-corrected chi connectivity index (χ3v) is 3.69. The molecule has 1 aromatic carbocycles. The molecule has 0 spiro atoms. The maximum absolute atomic E-state index is 12.1. The minimum Gasteiger partial charge on any atom is -0.479 e. The van der Waals surface area contributed by atoms with Gasteiger partial charge < -0.3 is 20.1 Å². The number of hydrogen-bond acceptors (Lipinski definition) is 4. The van der Waals surface area contributed by atoms with E-state index in [1.807, 2.05) is 0 Å². The van der Waals surface area contributed by atoms with Gasteiger partial charge in [-0.15, -0.1) is 0 Å². The van der Waals surface area contributed by atoms with Crippen molar-refractivity contribution in [3.63, 3.8) is 0 Å². The van der Waals surface area contributed by atoms with E-state index in [1.165, 1.54) is 0 Å². The second-order valence-corrected chi connectivity index (χ2v) is 5.31. The van der Waals surface area contributed by atoms with Crippen LogP contribution in [0.15, 0.2) is 18.2 Å². The summed E-state index contributed by atoms with van der Waals surface area (Å²) in [5.74, 6) is 0.193. The molecule has 2 amide bonds. The Morgan fingerprint density at radius 3 is 3.10 bits per heavy atom. The summed E-state index contributed by atoms with van der Waals surface area (Å²) < 4.78 is 10.9. The van der Waals surface area contributed by atoms with Crippen LogP contribution in [-0.2, 0) is 9.53 Å². The van der Waals surface area contributed by atoms with E-state index in [-0.39, 0.29) is 17.9 Å². The minimum absolute atomic E-state index is 0.107. The quantitative estimate of drug-likeness (QED) is 0.880. The summed E-state index contributed by atoms with van der Waals surface area (Å²) in [4.78, 5) is 23.7. The van der Waals surface area contributed by atoms with Crippen molar-refractivity contribution in [2.75, 3.05) is 18.5 Å². The molecule has 2 atom stereocenters. The number of amides is 2. The Morgan fingerprint density at radius 1 is 1.48 bits per heavy atom. The molecule has 6 nitrogen and oxygen atoms in total. The fraction of sp³-hybridized carbons (Fsp3) is 0.467. The first-order chi connectivity index (χ1) is 10.1. The van der Waals surface area contributed by atoms with Crippen LogP contribution < -0.4 is 15.4 Å². The van der Waals surface area contributed by atoms with Crippen molar-refractivity contribution < 1.29 is 19.1 Å². The topological polar surface area (TPSA) is 76.7 Å². The lowest BCUT2D eigenvalue weighted by Gasteiger charge is -2.23. The molecule has 2 heterocycles. The molecule has 0 saturated carbocycles. The molecular weight excluding hydrogens is 272 g/mol. The van der Waals surface area contributed by atoms with E-state index in [2.05, 4.69) is 10.6 Å². The molecule has 0 bridgehead atoms. The lowest BCUT2D eigenvalue weighted by Crippen LogP contribution is -2.35. The highest BCUT2D eigenvalue weighted by Gasteiger charge is 2.24. The van der Waals surface area contributed by atoms with E-state index in [4.69, 9.17) is 9.47 Å². The number of carbonyl (C=O) groups is 2. The molecule has 0 aliphatic carbocycles. The molecule has 2 aliphatic heterocycles. The molecule has 2 unspecified atom stereocenters. The third kappa shape index (κ3) is 3.00. The SMILES string of the molecule is CC1Oc2ccc(C(=O)NCC3CCCO3)cc2NC1=O. The lowest BCUT2D eigenvalue weighted by molar-refractivity contribution is -0.122. The molecule has 2 N–H and O–H groups in total. The van der Waals surface area contributed by atoms with Crippen molar-refractivity contribution in [1.82, 2.24) is 5.32 Å². The Hall–Kier alpha value is -2.08. The molecule has 1 aromatic rings. The smallest absolute Gasteiger partial charge is 0.265 e. The van der Waals surface area contributed by atoms with E-state index in [0.29, 0.717) is 23.5 Å². The van der Waals surface area contributed by atoms with Gasteiger partial charge in [0.05, 0.1) is 11.8 Å². The summed E-state index contributed by atoms with van der Waals surface area (Å²) in [7, 11) is 0. The van der Waals surface area contributed by atoms with Crippen LogP contribution in [0.4, 0.5) is 5.69 Å². The molecule has 112 valence electrons. The monoisotopic (exact) mass is 290 g/mol. The van der Waals surface area contributed by atoms with E-state index in [1.54, 1.807) is 25.1 Å². The standard InChI is InChI=1S/C15H18N2O4/c1-9-14(18)17-12-7-10(4-5-13(12)21-9)15(19)16-8-11-3-2-6-20-11/h4-5,7,9,11H,2-3,6,8H2,1H3,(H,16,19)(H,17,18). The van der Waals surface area contributed by atoms with Crippen LogP contribution in [0, 0.1) is 0 Å². The lowest BCUT2D eigenvalue weighted by atomic mass is 10.1. The Bertz CT molecular complexity index is 567. The number of carbonyl (C=O) groups excluding carboxylic acids is 2. The van der Waals surface area contributed by atoms with Gasteiger partial charge in [0.25, 0.3) is 11.8 Å². The number of benzene rings is 1. The maximum Gasteiger partial charge on any atom is 0.265 e. The van der Waals surface area contributed by atoms with Crippen molar-refractivity contribution in [2.24, 2.45) is 0 Å². The fourth-order valence-corrected chi connectivity index (χ4v) is 2.46. The van der Waals surface area contributed by atoms with Gasteiger partial charge in [-0.05, 0) is 38.0 Å².